The summed E-state index contributed by atoms with van der Waals surface area (Å²) < 4.78 is 5.88. The third kappa shape index (κ3) is 2.96. The summed E-state index contributed by atoms with van der Waals surface area (Å²) in [6.07, 6.45) is 0.555. The molecule has 2 aromatic rings. The second-order valence-electron chi connectivity index (χ2n) is 6.44. The van der Waals surface area contributed by atoms with Gasteiger partial charge >= 0.3 is 6.09 Å². The predicted octanol–water partition coefficient (Wildman–Crippen LogP) is 4.81. The molecule has 3 heteroatoms. The van der Waals surface area contributed by atoms with E-state index in [1.54, 1.807) is 0 Å². The number of amides is 1. The molecule has 1 aliphatic rings. The van der Waals surface area contributed by atoms with Crippen LogP contribution in [0.25, 0.3) is 0 Å². The Hall–Kier alpha value is -2.29. The highest BCUT2D eigenvalue weighted by atomic mass is 16.6. The molecule has 0 saturated carbocycles. The highest BCUT2D eigenvalue weighted by Gasteiger charge is 2.40. The Bertz CT molecular complexity index is 698. The molecule has 0 radical (unpaired) electrons. The Morgan fingerprint density at radius 1 is 1.09 bits per heavy atom. The lowest BCUT2D eigenvalue weighted by Crippen LogP contribution is -2.47. The number of ether oxygens (including phenoxy) is 1. The van der Waals surface area contributed by atoms with E-state index >= 15 is 0 Å². The lowest BCUT2D eigenvalue weighted by Gasteiger charge is -2.42. The first-order chi connectivity index (χ1) is 11.0. The van der Waals surface area contributed by atoms with Crippen molar-refractivity contribution >= 4 is 6.09 Å². The van der Waals surface area contributed by atoms with E-state index in [0.717, 1.165) is 23.1 Å². The standard InChI is InChI=1S/C20H23NO2/c1-15-9-7-8-12-18(15)20(3)13-14-21(19(22)23-20)16(2)17-10-5-4-6-11-17/h4-12,16H,13-14H2,1-3H3. The number of carbonyl (C=O) groups is 1. The van der Waals surface area contributed by atoms with Crippen LogP contribution in [-0.2, 0) is 10.3 Å². The van der Waals surface area contributed by atoms with Crippen molar-refractivity contribution in [3.63, 3.8) is 0 Å². The Morgan fingerprint density at radius 2 is 1.74 bits per heavy atom. The van der Waals surface area contributed by atoms with Gasteiger partial charge in [0, 0.05) is 13.0 Å². The molecule has 2 aromatic carbocycles. The molecule has 120 valence electrons. The van der Waals surface area contributed by atoms with Gasteiger partial charge in [-0.1, -0.05) is 54.6 Å². The number of aryl methyl sites for hydroxylation is 1. The van der Waals surface area contributed by atoms with Crippen molar-refractivity contribution in [1.29, 1.82) is 0 Å². The summed E-state index contributed by atoms with van der Waals surface area (Å²) in [7, 11) is 0. The van der Waals surface area contributed by atoms with E-state index in [1.807, 2.05) is 61.2 Å². The maximum absolute atomic E-state index is 12.6. The van der Waals surface area contributed by atoms with Crippen LogP contribution in [0, 0.1) is 6.92 Å². The molecule has 23 heavy (non-hydrogen) atoms. The lowest BCUT2D eigenvalue weighted by molar-refractivity contribution is -0.0494. The topological polar surface area (TPSA) is 29.5 Å². The highest BCUT2D eigenvalue weighted by molar-refractivity contribution is 5.70. The Balaban J connectivity index is 1.80. The third-order valence-corrected chi connectivity index (χ3v) is 4.84. The number of carbonyl (C=O) groups excluding carboxylic acids is 1. The Labute approximate surface area is 137 Å². The van der Waals surface area contributed by atoms with Gasteiger partial charge in [0.2, 0.25) is 0 Å². The van der Waals surface area contributed by atoms with E-state index in [4.69, 9.17) is 4.74 Å². The molecule has 1 saturated heterocycles. The Kier molecular flexibility index (Phi) is 4.12. The summed E-state index contributed by atoms with van der Waals surface area (Å²) in [5.74, 6) is 0. The number of benzene rings is 2. The first kappa shape index (κ1) is 15.6. The monoisotopic (exact) mass is 309 g/mol. The molecule has 0 bridgehead atoms. The van der Waals surface area contributed by atoms with Crippen LogP contribution < -0.4 is 0 Å². The van der Waals surface area contributed by atoms with E-state index in [1.165, 1.54) is 0 Å². The van der Waals surface area contributed by atoms with Crippen LogP contribution in [-0.4, -0.2) is 17.5 Å². The second kappa shape index (κ2) is 6.07. The van der Waals surface area contributed by atoms with E-state index in [9.17, 15) is 4.79 Å². The van der Waals surface area contributed by atoms with Gasteiger partial charge in [-0.15, -0.1) is 0 Å². The van der Waals surface area contributed by atoms with Crippen LogP contribution in [0.2, 0.25) is 0 Å². The molecule has 1 fully saturated rings. The summed E-state index contributed by atoms with van der Waals surface area (Å²) in [6.45, 7) is 6.82. The van der Waals surface area contributed by atoms with Crippen molar-refractivity contribution in [1.82, 2.24) is 4.90 Å². The summed E-state index contributed by atoms with van der Waals surface area (Å²) in [5.41, 5.74) is 2.84. The van der Waals surface area contributed by atoms with Crippen molar-refractivity contribution in [2.45, 2.75) is 38.8 Å². The number of hydrogen-bond acceptors (Lipinski definition) is 2. The largest absolute Gasteiger partial charge is 0.438 e. The number of rotatable bonds is 3. The van der Waals surface area contributed by atoms with Crippen LogP contribution in [0.15, 0.2) is 54.6 Å². The highest BCUT2D eigenvalue weighted by Crippen LogP contribution is 2.37. The number of nitrogens with zero attached hydrogens (tertiary/aromatic N) is 1. The fraction of sp³-hybridized carbons (Fsp3) is 0.350. The van der Waals surface area contributed by atoms with E-state index < -0.39 is 5.60 Å². The average molecular weight is 309 g/mol. The normalized spacial score (nSPS) is 22.6. The first-order valence-electron chi connectivity index (χ1n) is 8.12. The van der Waals surface area contributed by atoms with Crippen molar-refractivity contribution in [3.05, 3.63) is 71.3 Å². The molecule has 2 atom stereocenters. The van der Waals surface area contributed by atoms with Crippen LogP contribution in [0.1, 0.15) is 43.0 Å². The number of cyclic esters (lactones) is 1. The van der Waals surface area contributed by atoms with Crippen LogP contribution in [0.3, 0.4) is 0 Å². The number of hydrogen-bond donors (Lipinski definition) is 0. The zero-order valence-corrected chi connectivity index (χ0v) is 14.0. The van der Waals surface area contributed by atoms with Gasteiger partial charge < -0.3 is 9.64 Å². The molecule has 3 rings (SSSR count). The zero-order chi connectivity index (χ0) is 16.4. The van der Waals surface area contributed by atoms with Gasteiger partial charge in [0.15, 0.2) is 0 Å². The molecule has 3 nitrogen and oxygen atoms in total. The van der Waals surface area contributed by atoms with Crippen LogP contribution in [0.4, 0.5) is 4.79 Å². The first-order valence-corrected chi connectivity index (χ1v) is 8.12. The molecule has 0 aliphatic carbocycles. The average Bonchev–Trinajstić information content (AvgIpc) is 2.55. The fourth-order valence-electron chi connectivity index (χ4n) is 3.35. The Morgan fingerprint density at radius 3 is 2.39 bits per heavy atom. The van der Waals surface area contributed by atoms with Gasteiger partial charge in [-0.3, -0.25) is 0 Å². The molecule has 0 aromatic heterocycles. The lowest BCUT2D eigenvalue weighted by atomic mass is 9.87. The molecule has 1 heterocycles. The van der Waals surface area contributed by atoms with Crippen molar-refractivity contribution in [3.8, 4) is 0 Å². The smallest absolute Gasteiger partial charge is 0.411 e. The van der Waals surface area contributed by atoms with Gasteiger partial charge in [-0.25, -0.2) is 4.79 Å². The minimum atomic E-state index is -0.546. The van der Waals surface area contributed by atoms with Crippen LogP contribution in [0.5, 0.6) is 0 Å². The molecule has 0 N–H and O–H groups in total. The molecular formula is C20H23NO2. The van der Waals surface area contributed by atoms with Gasteiger partial charge in [0.1, 0.15) is 5.60 Å². The summed E-state index contributed by atoms with van der Waals surface area (Å²) in [5, 5.41) is 0. The zero-order valence-electron chi connectivity index (χ0n) is 14.0. The minimum Gasteiger partial charge on any atom is -0.438 e. The van der Waals surface area contributed by atoms with Crippen molar-refractivity contribution in [2.24, 2.45) is 0 Å². The maximum Gasteiger partial charge on any atom is 0.411 e. The third-order valence-electron chi connectivity index (χ3n) is 4.84. The molecule has 1 amide bonds. The van der Waals surface area contributed by atoms with Crippen molar-refractivity contribution in [2.75, 3.05) is 6.54 Å². The minimum absolute atomic E-state index is 0.0186. The SMILES string of the molecule is Cc1ccccc1C1(C)CCN(C(C)c2ccccc2)C(=O)O1. The molecule has 0 spiro atoms. The summed E-state index contributed by atoms with van der Waals surface area (Å²) in [6, 6.07) is 18.2. The van der Waals surface area contributed by atoms with Gasteiger partial charge in [-0.2, -0.15) is 0 Å². The fourth-order valence-corrected chi connectivity index (χ4v) is 3.35. The molecule has 2 unspecified atom stereocenters. The van der Waals surface area contributed by atoms with Gasteiger partial charge in [0.25, 0.3) is 0 Å². The van der Waals surface area contributed by atoms with Crippen molar-refractivity contribution < 1.29 is 9.53 Å². The van der Waals surface area contributed by atoms with Crippen LogP contribution >= 0.6 is 0 Å². The summed E-state index contributed by atoms with van der Waals surface area (Å²) >= 11 is 0. The summed E-state index contributed by atoms with van der Waals surface area (Å²) in [4.78, 5) is 14.4. The second-order valence-corrected chi connectivity index (χ2v) is 6.44. The maximum atomic E-state index is 12.6. The quantitative estimate of drug-likeness (QED) is 0.814. The van der Waals surface area contributed by atoms with E-state index in [-0.39, 0.29) is 12.1 Å². The van der Waals surface area contributed by atoms with E-state index in [2.05, 4.69) is 19.1 Å². The molecular weight excluding hydrogens is 286 g/mol. The van der Waals surface area contributed by atoms with E-state index in [0.29, 0.717) is 6.54 Å². The molecule has 1 aliphatic heterocycles. The van der Waals surface area contributed by atoms with Gasteiger partial charge in [0.05, 0.1) is 6.04 Å². The van der Waals surface area contributed by atoms with Gasteiger partial charge in [-0.05, 0) is 37.5 Å². The predicted molar refractivity (Wildman–Crippen MR) is 91.2 cm³/mol.